The van der Waals surface area contributed by atoms with Crippen molar-refractivity contribution in [2.45, 2.75) is 25.4 Å². The minimum Gasteiger partial charge on any atom is -0.619 e. The van der Waals surface area contributed by atoms with Crippen LogP contribution >= 0.6 is 23.2 Å². The zero-order chi connectivity index (χ0) is 24.7. The maximum atomic E-state index is 13.0. The van der Waals surface area contributed by atoms with Crippen LogP contribution in [0.2, 0.25) is 10.0 Å². The highest BCUT2D eigenvalue weighted by atomic mass is 35.5. The number of benzene rings is 2. The predicted molar refractivity (Wildman–Crippen MR) is 128 cm³/mol. The molecule has 0 saturated heterocycles. The van der Waals surface area contributed by atoms with Gasteiger partial charge >= 0.3 is 5.97 Å². The summed E-state index contributed by atoms with van der Waals surface area (Å²) in [4.78, 5) is 23.6. The Labute approximate surface area is 207 Å². The summed E-state index contributed by atoms with van der Waals surface area (Å²) in [5.41, 5.74) is 2.38. The molecule has 0 spiro atoms. The van der Waals surface area contributed by atoms with Gasteiger partial charge in [-0.25, -0.2) is 4.79 Å². The minimum atomic E-state index is -0.792. The first-order chi connectivity index (χ1) is 16.4. The highest BCUT2D eigenvalue weighted by Gasteiger charge is 2.24. The van der Waals surface area contributed by atoms with E-state index in [1.807, 2.05) is 0 Å². The lowest BCUT2D eigenvalue weighted by molar-refractivity contribution is -0.605. The van der Waals surface area contributed by atoms with Crippen LogP contribution in [0.4, 0.5) is 0 Å². The molecule has 2 aromatic carbocycles. The number of aryl methyl sites for hydroxylation is 1. The number of nitrogens with zero attached hydrogens (tertiary/aromatic N) is 1. The third-order valence-electron chi connectivity index (χ3n) is 5.22. The molecule has 34 heavy (non-hydrogen) atoms. The predicted octanol–water partition coefficient (Wildman–Crippen LogP) is 4.92. The average molecular weight is 504 g/mol. The van der Waals surface area contributed by atoms with Gasteiger partial charge in [0.15, 0.2) is 23.9 Å². The number of ether oxygens (including phenoxy) is 3. The standard InChI is InChI=1S/C25H23Cl2NO6/c1-32-22-10-9-18(12-24(22)33-2)23(13-19-20(26)14-28(31)15-21(19)27)34-25(30)17-7-5-16(6-8-17)4-3-11-29/h5-12,14-15,23H,3-4,13H2,1-2H3/t23-/m0/s1. The van der Waals surface area contributed by atoms with Crippen molar-refractivity contribution in [1.29, 1.82) is 0 Å². The first-order valence-corrected chi connectivity index (χ1v) is 11.1. The normalized spacial score (nSPS) is 11.5. The second-order valence-corrected chi connectivity index (χ2v) is 8.22. The van der Waals surface area contributed by atoms with Gasteiger partial charge in [0.25, 0.3) is 0 Å². The number of hydrogen-bond donors (Lipinski definition) is 0. The second-order valence-electron chi connectivity index (χ2n) is 7.41. The summed E-state index contributed by atoms with van der Waals surface area (Å²) in [7, 11) is 3.03. The number of carbonyl (C=O) groups excluding carboxylic acids is 2. The zero-order valence-electron chi connectivity index (χ0n) is 18.6. The van der Waals surface area contributed by atoms with Crippen molar-refractivity contribution in [3.63, 3.8) is 0 Å². The van der Waals surface area contributed by atoms with Gasteiger partial charge in [-0.1, -0.05) is 41.4 Å². The van der Waals surface area contributed by atoms with Gasteiger partial charge in [0.2, 0.25) is 0 Å². The Morgan fingerprint density at radius 3 is 2.26 bits per heavy atom. The zero-order valence-corrected chi connectivity index (χ0v) is 20.1. The lowest BCUT2D eigenvalue weighted by Gasteiger charge is -2.21. The Hall–Kier alpha value is -3.29. The van der Waals surface area contributed by atoms with Gasteiger partial charge in [-0.2, -0.15) is 4.73 Å². The molecule has 0 radical (unpaired) electrons. The first kappa shape index (κ1) is 25.3. The number of esters is 1. The van der Waals surface area contributed by atoms with Crippen LogP contribution in [0.25, 0.3) is 0 Å². The molecule has 1 aromatic heterocycles. The van der Waals surface area contributed by atoms with Gasteiger partial charge in [0.05, 0.1) is 19.8 Å². The van der Waals surface area contributed by atoms with Crippen LogP contribution in [0, 0.1) is 5.21 Å². The number of aromatic nitrogens is 1. The van der Waals surface area contributed by atoms with E-state index < -0.39 is 12.1 Å². The van der Waals surface area contributed by atoms with Crippen molar-refractivity contribution in [2.75, 3.05) is 14.2 Å². The third-order valence-corrected chi connectivity index (χ3v) is 5.87. The molecule has 0 N–H and O–H groups in total. The molecule has 0 aliphatic heterocycles. The smallest absolute Gasteiger partial charge is 0.338 e. The Kier molecular flexibility index (Phi) is 8.73. The van der Waals surface area contributed by atoms with Crippen molar-refractivity contribution < 1.29 is 28.5 Å². The molecule has 3 aromatic rings. The number of rotatable bonds is 10. The summed E-state index contributed by atoms with van der Waals surface area (Å²) in [6, 6.07) is 12.0. The van der Waals surface area contributed by atoms with Gasteiger partial charge in [-0.3, -0.25) is 0 Å². The number of halogens is 2. The van der Waals surface area contributed by atoms with Crippen molar-refractivity contribution in [2.24, 2.45) is 0 Å². The van der Waals surface area contributed by atoms with Crippen LogP contribution in [0.15, 0.2) is 54.9 Å². The number of pyridine rings is 1. The topological polar surface area (TPSA) is 88.8 Å². The fraction of sp³-hybridized carbons (Fsp3) is 0.240. The summed E-state index contributed by atoms with van der Waals surface area (Å²) in [5, 5.41) is 12.0. The van der Waals surface area contributed by atoms with E-state index in [0.29, 0.717) is 45.8 Å². The quantitative estimate of drug-likeness (QED) is 0.169. The highest BCUT2D eigenvalue weighted by Crippen LogP contribution is 2.35. The molecule has 0 saturated carbocycles. The molecule has 0 aliphatic carbocycles. The maximum Gasteiger partial charge on any atom is 0.338 e. The number of hydrogen-bond acceptors (Lipinski definition) is 6. The summed E-state index contributed by atoms with van der Waals surface area (Å²) < 4.78 is 17.1. The van der Waals surface area contributed by atoms with Crippen LogP contribution in [-0.2, 0) is 22.4 Å². The fourth-order valence-electron chi connectivity index (χ4n) is 3.42. The Morgan fingerprint density at radius 1 is 1.03 bits per heavy atom. The van der Waals surface area contributed by atoms with Crippen molar-refractivity contribution in [3.8, 4) is 11.5 Å². The summed E-state index contributed by atoms with van der Waals surface area (Å²) >= 11 is 12.5. The van der Waals surface area contributed by atoms with E-state index in [2.05, 4.69) is 0 Å². The molecule has 0 aliphatic rings. The maximum absolute atomic E-state index is 13.0. The molecule has 1 atom stereocenters. The molecule has 9 heteroatoms. The number of carbonyl (C=O) groups is 2. The molecule has 0 bridgehead atoms. The Morgan fingerprint density at radius 2 is 1.68 bits per heavy atom. The van der Waals surface area contributed by atoms with Crippen LogP contribution in [0.1, 0.15) is 39.6 Å². The van der Waals surface area contributed by atoms with Crippen LogP contribution < -0.4 is 14.2 Å². The van der Waals surface area contributed by atoms with Crippen LogP contribution in [0.5, 0.6) is 11.5 Å². The molecule has 0 unspecified atom stereocenters. The molecule has 1 heterocycles. The Balaban J connectivity index is 1.93. The number of aldehydes is 1. The van der Waals surface area contributed by atoms with Gasteiger partial charge in [0, 0.05) is 18.4 Å². The summed E-state index contributed by atoms with van der Waals surface area (Å²) in [6.07, 6.45) is 3.56. The molecule has 7 nitrogen and oxygen atoms in total. The van der Waals surface area contributed by atoms with Crippen molar-refractivity contribution in [1.82, 2.24) is 0 Å². The molecule has 3 rings (SSSR count). The molecular weight excluding hydrogens is 481 g/mol. The van der Waals surface area contributed by atoms with Crippen LogP contribution in [-0.4, -0.2) is 26.5 Å². The first-order valence-electron chi connectivity index (χ1n) is 10.4. The molecular formula is C25H23Cl2NO6. The van der Waals surface area contributed by atoms with E-state index >= 15 is 0 Å². The highest BCUT2D eigenvalue weighted by molar-refractivity contribution is 6.35. The largest absolute Gasteiger partial charge is 0.619 e. The van der Waals surface area contributed by atoms with E-state index in [1.54, 1.807) is 42.5 Å². The van der Waals surface area contributed by atoms with Gasteiger partial charge in [-0.05, 0) is 41.8 Å². The van der Waals surface area contributed by atoms with E-state index in [1.165, 1.54) is 26.6 Å². The van der Waals surface area contributed by atoms with E-state index in [9.17, 15) is 14.8 Å². The second kappa shape index (κ2) is 11.7. The lowest BCUT2D eigenvalue weighted by atomic mass is 10.0. The van der Waals surface area contributed by atoms with Crippen molar-refractivity contribution >= 4 is 35.5 Å². The third kappa shape index (κ3) is 6.18. The van der Waals surface area contributed by atoms with E-state index in [4.69, 9.17) is 37.4 Å². The van der Waals surface area contributed by atoms with E-state index in [-0.39, 0.29) is 16.5 Å². The summed E-state index contributed by atoms with van der Waals surface area (Å²) in [5.74, 6) is 0.428. The minimum absolute atomic E-state index is 0.122. The van der Waals surface area contributed by atoms with E-state index in [0.717, 1.165) is 11.8 Å². The van der Waals surface area contributed by atoms with Crippen molar-refractivity contribution in [3.05, 3.63) is 92.4 Å². The fourth-order valence-corrected chi connectivity index (χ4v) is 4.02. The lowest BCUT2D eigenvalue weighted by Crippen LogP contribution is -2.25. The Bertz CT molecular complexity index is 1140. The molecule has 0 fully saturated rings. The average Bonchev–Trinajstić information content (AvgIpc) is 2.83. The van der Waals surface area contributed by atoms with Crippen LogP contribution in [0.3, 0.4) is 0 Å². The monoisotopic (exact) mass is 503 g/mol. The molecule has 178 valence electrons. The SMILES string of the molecule is COc1ccc([C@H](Cc2c(Cl)c[n+]([O-])cc2Cl)OC(=O)c2ccc(CCC=O)cc2)cc1OC. The molecule has 0 amide bonds. The van der Waals surface area contributed by atoms with Gasteiger partial charge < -0.3 is 24.2 Å². The van der Waals surface area contributed by atoms with Gasteiger partial charge in [0.1, 0.15) is 22.4 Å². The van der Waals surface area contributed by atoms with Gasteiger partial charge in [-0.15, -0.1) is 0 Å². The number of methoxy groups -OCH3 is 2. The summed E-state index contributed by atoms with van der Waals surface area (Å²) in [6.45, 7) is 0.